The number of anilines is 1. The second-order valence-corrected chi connectivity index (χ2v) is 10.8. The van der Waals surface area contributed by atoms with E-state index in [9.17, 15) is 9.18 Å². The van der Waals surface area contributed by atoms with Crippen LogP contribution in [0.15, 0.2) is 60.8 Å². The molecule has 4 aromatic rings. The lowest BCUT2D eigenvalue weighted by Crippen LogP contribution is -2.24. The number of ketones is 1. The first-order valence-corrected chi connectivity index (χ1v) is 14.3. The Morgan fingerprint density at radius 1 is 1.16 bits per heavy atom. The van der Waals surface area contributed by atoms with Crippen molar-refractivity contribution in [3.63, 3.8) is 0 Å². The van der Waals surface area contributed by atoms with Gasteiger partial charge in [-0.1, -0.05) is 18.2 Å². The minimum atomic E-state index is -0.600. The molecule has 43 heavy (non-hydrogen) atoms. The lowest BCUT2D eigenvalue weighted by Gasteiger charge is -2.20. The standard InChI is InChI=1S/C32H33F2N5O4/c1-20-28(18-25(40)14-23-19-38(11-13-41-2)43-31(23)21-8-9-36-29(34)17-21)39(24-6-4-3-5-7-24)37-30(20)22-15-26(33)32-27(16-22)35-10-12-42-32/h3-9,15-17,23,31,35H,10-14,18-19H2,1-2H3/t23-,31+/m1/s1. The molecule has 2 aromatic heterocycles. The van der Waals surface area contributed by atoms with Crippen LogP contribution >= 0.6 is 0 Å². The number of nitrogens with zero attached hydrogens (tertiary/aromatic N) is 4. The Morgan fingerprint density at radius 3 is 2.79 bits per heavy atom. The van der Waals surface area contributed by atoms with Gasteiger partial charge in [-0.3, -0.25) is 9.63 Å². The van der Waals surface area contributed by atoms with Crippen LogP contribution in [0.2, 0.25) is 0 Å². The smallest absolute Gasteiger partial charge is 0.213 e. The number of benzene rings is 2. The average Bonchev–Trinajstić information content (AvgIpc) is 3.56. The van der Waals surface area contributed by atoms with E-state index in [-0.39, 0.29) is 30.3 Å². The molecule has 1 N–H and O–H groups in total. The van der Waals surface area contributed by atoms with Crippen LogP contribution in [-0.2, 0) is 20.8 Å². The first kappa shape index (κ1) is 28.9. The van der Waals surface area contributed by atoms with Crippen LogP contribution < -0.4 is 10.1 Å². The zero-order valence-electron chi connectivity index (χ0n) is 24.1. The van der Waals surface area contributed by atoms with Gasteiger partial charge in [0, 0.05) is 57.3 Å². The maximum absolute atomic E-state index is 15.0. The van der Waals surface area contributed by atoms with Gasteiger partial charge in [0.15, 0.2) is 11.6 Å². The topological polar surface area (TPSA) is 90.7 Å². The molecule has 2 aliphatic rings. The van der Waals surface area contributed by atoms with Crippen molar-refractivity contribution in [3.8, 4) is 22.7 Å². The highest BCUT2D eigenvalue weighted by Gasteiger charge is 2.37. The first-order chi connectivity index (χ1) is 20.9. The predicted molar refractivity (Wildman–Crippen MR) is 156 cm³/mol. The number of para-hydroxylation sites is 1. The molecule has 0 bridgehead atoms. The highest BCUT2D eigenvalue weighted by Crippen LogP contribution is 2.39. The van der Waals surface area contributed by atoms with Crippen molar-refractivity contribution in [3.05, 3.63) is 89.4 Å². The number of methoxy groups -OCH3 is 1. The van der Waals surface area contributed by atoms with E-state index < -0.39 is 17.9 Å². The van der Waals surface area contributed by atoms with Crippen LogP contribution in [0.3, 0.4) is 0 Å². The number of ether oxygens (including phenoxy) is 2. The molecule has 4 heterocycles. The van der Waals surface area contributed by atoms with Crippen molar-refractivity contribution in [2.45, 2.75) is 25.9 Å². The molecular weight excluding hydrogens is 556 g/mol. The minimum Gasteiger partial charge on any atom is -0.486 e. The first-order valence-electron chi connectivity index (χ1n) is 14.3. The molecule has 0 unspecified atom stereocenters. The highest BCUT2D eigenvalue weighted by molar-refractivity contribution is 5.82. The van der Waals surface area contributed by atoms with E-state index >= 15 is 4.39 Å². The quantitative estimate of drug-likeness (QED) is 0.256. The van der Waals surface area contributed by atoms with Crippen molar-refractivity contribution in [1.29, 1.82) is 0 Å². The van der Waals surface area contributed by atoms with Gasteiger partial charge in [-0.05, 0) is 54.4 Å². The summed E-state index contributed by atoms with van der Waals surface area (Å²) in [6.45, 7) is 4.35. The molecule has 2 aliphatic heterocycles. The third-order valence-electron chi connectivity index (χ3n) is 7.83. The Balaban J connectivity index is 1.30. The van der Waals surface area contributed by atoms with Crippen LogP contribution in [0, 0.1) is 24.6 Å². The number of fused-ring (bicyclic) bond motifs is 1. The summed E-state index contributed by atoms with van der Waals surface area (Å²) < 4.78 is 41.5. The number of rotatable bonds is 10. The Morgan fingerprint density at radius 2 is 2.00 bits per heavy atom. The number of Topliss-reactive ketones (excluding diaryl/α,β-unsaturated/α-hetero) is 1. The molecule has 9 nitrogen and oxygen atoms in total. The lowest BCUT2D eigenvalue weighted by atomic mass is 9.90. The van der Waals surface area contributed by atoms with Crippen molar-refractivity contribution in [2.24, 2.45) is 5.92 Å². The van der Waals surface area contributed by atoms with Gasteiger partial charge in [-0.25, -0.2) is 14.1 Å². The molecule has 0 radical (unpaired) electrons. The Labute approximate surface area is 248 Å². The van der Waals surface area contributed by atoms with Gasteiger partial charge in [-0.2, -0.15) is 14.6 Å². The maximum atomic E-state index is 15.0. The summed E-state index contributed by atoms with van der Waals surface area (Å²) in [6, 6.07) is 15.9. The zero-order chi connectivity index (χ0) is 29.9. The van der Waals surface area contributed by atoms with Gasteiger partial charge in [0.25, 0.3) is 0 Å². The third kappa shape index (κ3) is 6.15. The number of aromatic nitrogens is 3. The molecule has 224 valence electrons. The number of hydroxylamine groups is 2. The number of halogens is 2. The van der Waals surface area contributed by atoms with Crippen molar-refractivity contribution >= 4 is 11.5 Å². The number of carbonyl (C=O) groups excluding carboxylic acids is 1. The fraction of sp³-hybridized carbons (Fsp3) is 0.344. The molecule has 0 spiro atoms. The lowest BCUT2D eigenvalue weighted by molar-refractivity contribution is -0.155. The summed E-state index contributed by atoms with van der Waals surface area (Å²) in [4.78, 5) is 23.5. The van der Waals surface area contributed by atoms with Crippen LogP contribution in [0.4, 0.5) is 14.5 Å². The average molecular weight is 590 g/mol. The number of hydrogen-bond donors (Lipinski definition) is 1. The van der Waals surface area contributed by atoms with E-state index in [0.29, 0.717) is 55.4 Å². The van der Waals surface area contributed by atoms with Crippen LogP contribution in [-0.4, -0.2) is 65.6 Å². The number of hydrogen-bond acceptors (Lipinski definition) is 8. The van der Waals surface area contributed by atoms with Crippen LogP contribution in [0.1, 0.15) is 29.3 Å². The fourth-order valence-corrected chi connectivity index (χ4v) is 5.78. The summed E-state index contributed by atoms with van der Waals surface area (Å²) in [7, 11) is 1.61. The number of carbonyl (C=O) groups is 1. The van der Waals surface area contributed by atoms with Crippen LogP contribution in [0.5, 0.6) is 5.75 Å². The molecule has 0 saturated carbocycles. The molecular formula is C32H33F2N5O4. The van der Waals surface area contributed by atoms with Gasteiger partial charge >= 0.3 is 0 Å². The van der Waals surface area contributed by atoms with E-state index in [1.54, 1.807) is 22.9 Å². The van der Waals surface area contributed by atoms with E-state index in [2.05, 4.69) is 10.3 Å². The van der Waals surface area contributed by atoms with Gasteiger partial charge < -0.3 is 14.8 Å². The molecule has 0 aliphatic carbocycles. The summed E-state index contributed by atoms with van der Waals surface area (Å²) in [5.74, 6) is -1.09. The normalized spacial score (nSPS) is 18.2. The SMILES string of the molecule is COCCN1C[C@@H](CC(=O)Cc2c(C)c(-c3cc(F)c4c(c3)NCCO4)nn2-c2ccccc2)[C@H](c2ccnc(F)c2)O1. The summed E-state index contributed by atoms with van der Waals surface area (Å²) in [6.07, 6.45) is 1.22. The zero-order valence-corrected chi connectivity index (χ0v) is 24.1. The highest BCUT2D eigenvalue weighted by atomic mass is 19.1. The van der Waals surface area contributed by atoms with E-state index in [0.717, 1.165) is 16.9 Å². The summed E-state index contributed by atoms with van der Waals surface area (Å²) in [5.41, 5.74) is 4.67. The summed E-state index contributed by atoms with van der Waals surface area (Å²) in [5, 5.41) is 9.84. The van der Waals surface area contributed by atoms with E-state index in [1.807, 2.05) is 43.3 Å². The largest absolute Gasteiger partial charge is 0.486 e. The predicted octanol–water partition coefficient (Wildman–Crippen LogP) is 5.08. The third-order valence-corrected chi connectivity index (χ3v) is 7.83. The molecule has 11 heteroatoms. The number of nitrogens with one attached hydrogen (secondary N) is 1. The van der Waals surface area contributed by atoms with Crippen molar-refractivity contribution in [2.75, 3.05) is 45.3 Å². The van der Waals surface area contributed by atoms with Gasteiger partial charge in [0.05, 0.1) is 29.4 Å². The second-order valence-electron chi connectivity index (χ2n) is 10.8. The second kappa shape index (κ2) is 12.6. The fourth-order valence-electron chi connectivity index (χ4n) is 5.78. The monoisotopic (exact) mass is 589 g/mol. The Bertz CT molecular complexity index is 1610. The van der Waals surface area contributed by atoms with E-state index in [4.69, 9.17) is 19.4 Å². The van der Waals surface area contributed by atoms with Crippen molar-refractivity contribution in [1.82, 2.24) is 19.8 Å². The molecule has 0 amide bonds. The molecule has 2 atom stereocenters. The van der Waals surface area contributed by atoms with Crippen molar-refractivity contribution < 1.29 is 27.9 Å². The van der Waals surface area contributed by atoms with Crippen LogP contribution in [0.25, 0.3) is 16.9 Å². The Hall–Kier alpha value is -4.19. The molecule has 6 rings (SSSR count). The van der Waals surface area contributed by atoms with E-state index in [1.165, 1.54) is 18.3 Å². The molecule has 1 fully saturated rings. The maximum Gasteiger partial charge on any atom is 0.213 e. The minimum absolute atomic E-state index is 0.0138. The summed E-state index contributed by atoms with van der Waals surface area (Å²) >= 11 is 0. The van der Waals surface area contributed by atoms with Gasteiger partial charge in [0.1, 0.15) is 18.5 Å². The van der Waals surface area contributed by atoms with Gasteiger partial charge in [-0.15, -0.1) is 0 Å². The Kier molecular flexibility index (Phi) is 8.46. The molecule has 1 saturated heterocycles. The molecule has 2 aromatic carbocycles. The number of pyridine rings is 1. The van der Waals surface area contributed by atoms with Gasteiger partial charge in [0.2, 0.25) is 5.95 Å².